The fourth-order valence-electron chi connectivity index (χ4n) is 1.94. The van der Waals surface area contributed by atoms with Crippen LogP contribution in [0.25, 0.3) is 5.78 Å². The number of anilines is 1. The lowest BCUT2D eigenvalue weighted by Gasteiger charge is -2.10. The van der Waals surface area contributed by atoms with Crippen LogP contribution < -0.4 is 10.1 Å². The number of hydrogen-bond acceptors (Lipinski definition) is 6. The van der Waals surface area contributed by atoms with Gasteiger partial charge in [-0.25, -0.2) is 9.50 Å². The molecule has 0 atom stereocenters. The number of carbonyl (C=O) groups excluding carboxylic acids is 1. The minimum atomic E-state index is -0.144. The number of ether oxygens (including phenoxy) is 1. The Bertz CT molecular complexity index is 787. The molecule has 0 bridgehead atoms. The van der Waals surface area contributed by atoms with Crippen LogP contribution in [0.2, 0.25) is 0 Å². The minimum Gasteiger partial charge on any atom is -0.492 e. The second-order valence-electron chi connectivity index (χ2n) is 4.52. The zero-order valence-electron chi connectivity index (χ0n) is 12.5. The van der Waals surface area contributed by atoms with Crippen LogP contribution in [0.1, 0.15) is 6.92 Å². The predicted octanol–water partition coefficient (Wildman–Crippen LogP) is 2.25. The second-order valence-corrected chi connectivity index (χ2v) is 5.47. The van der Waals surface area contributed by atoms with Gasteiger partial charge in [0.25, 0.3) is 5.78 Å². The second kappa shape index (κ2) is 7.10. The molecule has 2 heterocycles. The third-order valence-electron chi connectivity index (χ3n) is 2.89. The lowest BCUT2D eigenvalue weighted by molar-refractivity contribution is -0.113. The van der Waals surface area contributed by atoms with Crippen LogP contribution in [0.3, 0.4) is 0 Å². The van der Waals surface area contributed by atoms with E-state index < -0.39 is 0 Å². The SMILES string of the molecule is CCOc1ccccc1NC(=O)CSc1nc2ncccn2n1. The van der Waals surface area contributed by atoms with Crippen LogP contribution in [0.4, 0.5) is 5.69 Å². The standard InChI is InChI=1S/C15H15N5O2S/c1-2-22-12-7-4-3-6-11(12)17-13(21)10-23-15-18-14-16-8-5-9-20(14)19-15/h3-9H,2,10H2,1H3,(H,17,21). The van der Waals surface area contributed by atoms with Crippen LogP contribution in [0.15, 0.2) is 47.9 Å². The minimum absolute atomic E-state index is 0.144. The zero-order chi connectivity index (χ0) is 16.1. The van der Waals surface area contributed by atoms with Crippen molar-refractivity contribution in [2.45, 2.75) is 12.1 Å². The quantitative estimate of drug-likeness (QED) is 0.699. The molecule has 2 aromatic heterocycles. The third-order valence-corrected chi connectivity index (χ3v) is 3.73. The number of aromatic nitrogens is 4. The Morgan fingerprint density at radius 3 is 3.04 bits per heavy atom. The summed E-state index contributed by atoms with van der Waals surface area (Å²) >= 11 is 1.26. The van der Waals surface area contributed by atoms with Gasteiger partial charge in [0.2, 0.25) is 11.1 Å². The highest BCUT2D eigenvalue weighted by Crippen LogP contribution is 2.24. The van der Waals surface area contributed by atoms with E-state index in [1.54, 1.807) is 29.0 Å². The Kier molecular flexibility index (Phi) is 4.72. The Labute approximate surface area is 137 Å². The van der Waals surface area contributed by atoms with E-state index in [-0.39, 0.29) is 11.7 Å². The maximum Gasteiger partial charge on any atom is 0.253 e. The first-order chi connectivity index (χ1) is 11.3. The molecule has 0 unspecified atom stereocenters. The fourth-order valence-corrected chi connectivity index (χ4v) is 2.57. The molecule has 0 radical (unpaired) electrons. The number of rotatable bonds is 6. The molecule has 118 valence electrons. The van der Waals surface area contributed by atoms with Crippen molar-refractivity contribution in [2.24, 2.45) is 0 Å². The summed E-state index contributed by atoms with van der Waals surface area (Å²) in [6, 6.07) is 9.11. The average Bonchev–Trinajstić information content (AvgIpc) is 2.98. The molecule has 0 aliphatic rings. The molecular weight excluding hydrogens is 314 g/mol. The normalized spacial score (nSPS) is 10.7. The summed E-state index contributed by atoms with van der Waals surface area (Å²) in [5.41, 5.74) is 0.657. The fraction of sp³-hybridized carbons (Fsp3) is 0.200. The highest BCUT2D eigenvalue weighted by atomic mass is 32.2. The molecule has 0 fully saturated rings. The molecule has 1 aromatic carbocycles. The van der Waals surface area contributed by atoms with Gasteiger partial charge in [-0.3, -0.25) is 4.79 Å². The number of amides is 1. The van der Waals surface area contributed by atoms with Gasteiger partial charge in [-0.15, -0.1) is 5.10 Å². The summed E-state index contributed by atoms with van der Waals surface area (Å²) in [7, 11) is 0. The molecule has 0 saturated heterocycles. The molecule has 7 nitrogen and oxygen atoms in total. The predicted molar refractivity (Wildman–Crippen MR) is 87.7 cm³/mol. The number of nitrogens with zero attached hydrogens (tertiary/aromatic N) is 4. The summed E-state index contributed by atoms with van der Waals surface area (Å²) in [5, 5.41) is 7.59. The Morgan fingerprint density at radius 1 is 1.35 bits per heavy atom. The summed E-state index contributed by atoms with van der Waals surface area (Å²) in [6.45, 7) is 2.44. The number of hydrogen-bond donors (Lipinski definition) is 1. The van der Waals surface area contributed by atoms with Gasteiger partial charge < -0.3 is 10.1 Å². The largest absolute Gasteiger partial charge is 0.492 e. The van der Waals surface area contributed by atoms with E-state index in [9.17, 15) is 4.79 Å². The molecule has 3 aromatic rings. The number of carbonyl (C=O) groups is 1. The summed E-state index contributed by atoms with van der Waals surface area (Å²) in [5.74, 6) is 1.23. The van der Waals surface area contributed by atoms with Crippen molar-refractivity contribution in [1.29, 1.82) is 0 Å². The Morgan fingerprint density at radius 2 is 2.22 bits per heavy atom. The first kappa shape index (κ1) is 15.3. The number of thioether (sulfide) groups is 1. The highest BCUT2D eigenvalue weighted by Gasteiger charge is 2.10. The monoisotopic (exact) mass is 329 g/mol. The van der Waals surface area contributed by atoms with Gasteiger partial charge >= 0.3 is 0 Å². The molecule has 0 saturated carbocycles. The van der Waals surface area contributed by atoms with E-state index in [2.05, 4.69) is 20.4 Å². The van der Waals surface area contributed by atoms with Crippen molar-refractivity contribution in [3.63, 3.8) is 0 Å². The molecule has 0 aliphatic carbocycles. The Balaban J connectivity index is 1.61. The van der Waals surface area contributed by atoms with Crippen molar-refractivity contribution in [3.8, 4) is 5.75 Å². The van der Waals surface area contributed by atoms with Crippen LogP contribution in [0.5, 0.6) is 5.75 Å². The van der Waals surface area contributed by atoms with Gasteiger partial charge in [-0.2, -0.15) is 4.98 Å². The lowest BCUT2D eigenvalue weighted by Crippen LogP contribution is -2.15. The number of para-hydroxylation sites is 2. The van der Waals surface area contributed by atoms with Crippen molar-refractivity contribution in [1.82, 2.24) is 19.6 Å². The van der Waals surface area contributed by atoms with Crippen molar-refractivity contribution in [3.05, 3.63) is 42.7 Å². The van der Waals surface area contributed by atoms with E-state index in [1.165, 1.54) is 11.8 Å². The molecular formula is C15H15N5O2S. The first-order valence-corrected chi connectivity index (χ1v) is 8.06. The number of nitrogens with one attached hydrogen (secondary N) is 1. The van der Waals surface area contributed by atoms with Crippen molar-refractivity contribution < 1.29 is 9.53 Å². The number of benzene rings is 1. The topological polar surface area (TPSA) is 81.4 Å². The summed E-state index contributed by atoms with van der Waals surface area (Å²) < 4.78 is 7.06. The lowest BCUT2D eigenvalue weighted by atomic mass is 10.3. The van der Waals surface area contributed by atoms with E-state index in [1.807, 2.05) is 25.1 Å². The first-order valence-electron chi connectivity index (χ1n) is 7.08. The molecule has 0 spiro atoms. The van der Waals surface area contributed by atoms with Crippen LogP contribution in [-0.4, -0.2) is 37.8 Å². The summed E-state index contributed by atoms with van der Waals surface area (Å²) in [6.07, 6.45) is 3.41. The van der Waals surface area contributed by atoms with Crippen LogP contribution in [0, 0.1) is 0 Å². The van der Waals surface area contributed by atoms with Gasteiger partial charge in [0, 0.05) is 12.4 Å². The van der Waals surface area contributed by atoms with Gasteiger partial charge in [0.05, 0.1) is 18.0 Å². The molecule has 23 heavy (non-hydrogen) atoms. The molecule has 8 heteroatoms. The van der Waals surface area contributed by atoms with Gasteiger partial charge in [0.1, 0.15) is 5.75 Å². The highest BCUT2D eigenvalue weighted by molar-refractivity contribution is 7.99. The third kappa shape index (κ3) is 3.78. The van der Waals surface area contributed by atoms with E-state index in [0.717, 1.165) is 0 Å². The smallest absolute Gasteiger partial charge is 0.253 e. The average molecular weight is 329 g/mol. The van der Waals surface area contributed by atoms with E-state index in [0.29, 0.717) is 29.0 Å². The van der Waals surface area contributed by atoms with Crippen LogP contribution >= 0.6 is 11.8 Å². The van der Waals surface area contributed by atoms with Gasteiger partial charge in [-0.05, 0) is 25.1 Å². The maximum absolute atomic E-state index is 12.1. The maximum atomic E-state index is 12.1. The van der Waals surface area contributed by atoms with Crippen molar-refractivity contribution >= 4 is 29.1 Å². The van der Waals surface area contributed by atoms with Crippen LogP contribution in [-0.2, 0) is 4.79 Å². The molecule has 0 aliphatic heterocycles. The van der Waals surface area contributed by atoms with E-state index >= 15 is 0 Å². The van der Waals surface area contributed by atoms with Gasteiger partial charge in [-0.1, -0.05) is 23.9 Å². The molecule has 3 rings (SSSR count). The molecule has 1 amide bonds. The zero-order valence-corrected chi connectivity index (χ0v) is 13.3. The Hall–Kier alpha value is -2.61. The van der Waals surface area contributed by atoms with Gasteiger partial charge in [0.15, 0.2) is 0 Å². The number of fused-ring (bicyclic) bond motifs is 1. The van der Waals surface area contributed by atoms with Crippen molar-refractivity contribution in [2.75, 3.05) is 17.7 Å². The summed E-state index contributed by atoms with van der Waals surface area (Å²) in [4.78, 5) is 20.4. The molecule has 1 N–H and O–H groups in total. The van der Waals surface area contributed by atoms with E-state index in [4.69, 9.17) is 4.74 Å².